The van der Waals surface area contributed by atoms with Gasteiger partial charge in [0.15, 0.2) is 0 Å². The predicted molar refractivity (Wildman–Crippen MR) is 180 cm³/mol. The number of unbranched alkanes of at least 4 members (excludes halogenated alkanes) is 1. The molecule has 46 heavy (non-hydrogen) atoms. The fraction of sp³-hybridized carbons (Fsp3) is 0.853. The van der Waals surface area contributed by atoms with Crippen LogP contribution in [0.4, 0.5) is 8.78 Å². The number of piperazine rings is 1. The van der Waals surface area contributed by atoms with E-state index in [4.69, 9.17) is 5.73 Å². The number of likely N-dealkylation sites (N-methyl/N-ethyl adjacent to an activating group) is 1. The van der Waals surface area contributed by atoms with Gasteiger partial charge in [0.05, 0.1) is 30.2 Å². The Hall–Kier alpha value is -2.15. The highest BCUT2D eigenvalue weighted by Crippen LogP contribution is 2.27. The van der Waals surface area contributed by atoms with Crippen molar-refractivity contribution >= 4 is 18.0 Å². The summed E-state index contributed by atoms with van der Waals surface area (Å²) in [6, 6.07) is -1.57. The van der Waals surface area contributed by atoms with Crippen LogP contribution in [0.2, 0.25) is 0 Å². The van der Waals surface area contributed by atoms with Crippen molar-refractivity contribution in [3.8, 4) is 0 Å². The van der Waals surface area contributed by atoms with Gasteiger partial charge >= 0.3 is 0 Å². The zero-order valence-electron chi connectivity index (χ0n) is 28.6. The molecule has 0 aromatic heterocycles. The zero-order chi connectivity index (χ0) is 33.2. The second kappa shape index (κ2) is 17.8. The van der Waals surface area contributed by atoms with Crippen molar-refractivity contribution < 1.29 is 18.4 Å². The summed E-state index contributed by atoms with van der Waals surface area (Å²) in [6.07, 6.45) is 5.52. The van der Waals surface area contributed by atoms with E-state index in [-0.39, 0.29) is 36.6 Å². The van der Waals surface area contributed by atoms with Gasteiger partial charge in [-0.25, -0.2) is 8.78 Å². The van der Waals surface area contributed by atoms with Crippen molar-refractivity contribution in [2.75, 3.05) is 58.9 Å². The molecule has 3 fully saturated rings. The molecule has 8 unspecified atom stereocenters. The number of carbonyl (C=O) groups excluding carboxylic acids is 2. The SMILES string of the molecule is CCCCC(CC)/C1=C/CC(F)/C=N\C(C)C(C(=O)NC2CNCC(F)C2N2CCC(C(=O)N3CCN(CC)CC3)CC2)C(N)N1. The molecule has 12 heteroatoms. The van der Waals surface area contributed by atoms with Crippen LogP contribution < -0.4 is 21.7 Å². The quantitative estimate of drug-likeness (QED) is 0.287. The lowest BCUT2D eigenvalue weighted by Crippen LogP contribution is -2.67. The molecule has 4 rings (SSSR count). The van der Waals surface area contributed by atoms with Gasteiger partial charge in [-0.3, -0.25) is 19.5 Å². The maximum atomic E-state index is 15.6. The highest BCUT2D eigenvalue weighted by molar-refractivity contribution is 5.81. The number of hydrogen-bond acceptors (Lipinski definition) is 8. The molecule has 0 bridgehead atoms. The van der Waals surface area contributed by atoms with Gasteiger partial charge in [-0.2, -0.15) is 0 Å². The third-order valence-corrected chi connectivity index (χ3v) is 10.7. The summed E-state index contributed by atoms with van der Waals surface area (Å²) in [4.78, 5) is 38.2. The van der Waals surface area contributed by atoms with Gasteiger partial charge < -0.3 is 31.5 Å². The number of halogens is 2. The van der Waals surface area contributed by atoms with E-state index >= 15 is 4.39 Å². The molecule has 0 radical (unpaired) electrons. The number of nitrogens with zero attached hydrogens (tertiary/aromatic N) is 4. The number of amides is 2. The molecule has 3 saturated heterocycles. The van der Waals surface area contributed by atoms with Crippen molar-refractivity contribution in [2.24, 2.45) is 28.5 Å². The van der Waals surface area contributed by atoms with Crippen LogP contribution in [0.15, 0.2) is 16.8 Å². The number of allylic oxidation sites excluding steroid dienone is 2. The van der Waals surface area contributed by atoms with E-state index in [1.807, 2.05) is 11.0 Å². The van der Waals surface area contributed by atoms with Crippen molar-refractivity contribution in [1.82, 2.24) is 30.7 Å². The van der Waals surface area contributed by atoms with Gasteiger partial charge in [0.2, 0.25) is 11.8 Å². The lowest BCUT2D eigenvalue weighted by Gasteiger charge is -2.46. The molecular formula is C34H60F2N8O2. The Morgan fingerprint density at radius 3 is 2.46 bits per heavy atom. The standard InChI is InChI=1S/C34H60F2N8O2/c1-5-8-9-24(6-2)28-11-10-26(35)20-39-23(4)30(32(37)40-28)33(45)41-29-22-38-21-27(36)31(29)43-14-12-25(13-15-43)34(46)44-18-16-42(7-3)17-19-44/h11,20,23-27,29-32,38,40H,5-10,12-19,21-22,37H2,1-4H3,(H,41,45)/b28-11-,39-20-. The first kappa shape index (κ1) is 36.7. The summed E-state index contributed by atoms with van der Waals surface area (Å²) in [5.41, 5.74) is 7.60. The number of aliphatic imine (C=N–C) groups is 1. The first-order chi connectivity index (χ1) is 22.2. The van der Waals surface area contributed by atoms with Gasteiger partial charge in [0, 0.05) is 63.5 Å². The van der Waals surface area contributed by atoms with E-state index in [0.717, 1.165) is 64.1 Å². The summed E-state index contributed by atoms with van der Waals surface area (Å²) in [5, 5.41) is 9.68. The van der Waals surface area contributed by atoms with Crippen molar-refractivity contribution in [3.63, 3.8) is 0 Å². The van der Waals surface area contributed by atoms with Crippen molar-refractivity contribution in [2.45, 2.75) is 109 Å². The van der Waals surface area contributed by atoms with E-state index < -0.39 is 42.6 Å². The number of alkyl halides is 2. The topological polar surface area (TPSA) is 118 Å². The lowest BCUT2D eigenvalue weighted by atomic mass is 9.89. The molecule has 2 amide bonds. The van der Waals surface area contributed by atoms with Crippen molar-refractivity contribution in [3.05, 3.63) is 11.8 Å². The number of nitrogens with one attached hydrogen (secondary N) is 3. The molecular weight excluding hydrogens is 590 g/mol. The molecule has 0 saturated carbocycles. The fourth-order valence-corrected chi connectivity index (χ4v) is 7.72. The molecule has 262 valence electrons. The van der Waals surface area contributed by atoms with Crippen LogP contribution in [0.5, 0.6) is 0 Å². The fourth-order valence-electron chi connectivity index (χ4n) is 7.72. The number of piperidine rings is 2. The largest absolute Gasteiger partial charge is 0.373 e. The number of likely N-dealkylation sites (tertiary alicyclic amines) is 1. The maximum absolute atomic E-state index is 15.6. The Labute approximate surface area is 275 Å². The van der Waals surface area contributed by atoms with E-state index in [1.54, 1.807) is 6.92 Å². The van der Waals surface area contributed by atoms with Crippen molar-refractivity contribution in [1.29, 1.82) is 0 Å². The molecule has 8 atom stereocenters. The van der Waals surface area contributed by atoms with E-state index in [2.05, 4.69) is 51.5 Å². The Kier molecular flexibility index (Phi) is 14.2. The molecule has 4 aliphatic heterocycles. The second-order valence-corrected chi connectivity index (χ2v) is 13.7. The summed E-state index contributed by atoms with van der Waals surface area (Å²) in [6.45, 7) is 14.4. The minimum Gasteiger partial charge on any atom is -0.373 e. The van der Waals surface area contributed by atoms with Crippen LogP contribution in [0, 0.1) is 17.8 Å². The van der Waals surface area contributed by atoms with Crippen LogP contribution in [-0.4, -0.2) is 128 Å². The van der Waals surface area contributed by atoms with Crippen LogP contribution in [0.25, 0.3) is 0 Å². The zero-order valence-corrected chi connectivity index (χ0v) is 28.6. The van der Waals surface area contributed by atoms with Crippen LogP contribution >= 0.6 is 0 Å². The summed E-state index contributed by atoms with van der Waals surface area (Å²) in [5.74, 6) is -0.731. The molecule has 0 spiro atoms. The second-order valence-electron chi connectivity index (χ2n) is 13.7. The molecule has 0 aliphatic carbocycles. The van der Waals surface area contributed by atoms with E-state index in [9.17, 15) is 14.0 Å². The average Bonchev–Trinajstić information content (AvgIpc) is 3.06. The molecule has 5 N–H and O–H groups in total. The van der Waals surface area contributed by atoms with Gasteiger partial charge in [0.25, 0.3) is 0 Å². The Morgan fingerprint density at radius 2 is 1.80 bits per heavy atom. The Bertz CT molecular complexity index is 1030. The predicted octanol–water partition coefficient (Wildman–Crippen LogP) is 2.45. The third-order valence-electron chi connectivity index (χ3n) is 10.7. The molecule has 0 aromatic carbocycles. The number of rotatable bonds is 10. The summed E-state index contributed by atoms with van der Waals surface area (Å²) < 4.78 is 30.4. The van der Waals surface area contributed by atoms with Crippen LogP contribution in [0.1, 0.15) is 72.6 Å². The summed E-state index contributed by atoms with van der Waals surface area (Å²) >= 11 is 0. The first-order valence-corrected chi connectivity index (χ1v) is 18.0. The van der Waals surface area contributed by atoms with E-state index in [1.165, 1.54) is 6.21 Å². The summed E-state index contributed by atoms with van der Waals surface area (Å²) in [7, 11) is 0. The Morgan fingerprint density at radius 1 is 1.09 bits per heavy atom. The first-order valence-electron chi connectivity index (χ1n) is 18.0. The van der Waals surface area contributed by atoms with Crippen LogP contribution in [0.3, 0.4) is 0 Å². The average molecular weight is 651 g/mol. The monoisotopic (exact) mass is 650 g/mol. The van der Waals surface area contributed by atoms with Gasteiger partial charge in [-0.15, -0.1) is 0 Å². The highest BCUT2D eigenvalue weighted by atomic mass is 19.1. The lowest BCUT2D eigenvalue weighted by molar-refractivity contribution is -0.139. The highest BCUT2D eigenvalue weighted by Gasteiger charge is 2.43. The van der Waals surface area contributed by atoms with Gasteiger partial charge in [-0.1, -0.05) is 39.7 Å². The molecule has 0 aromatic rings. The third kappa shape index (κ3) is 9.48. The number of nitrogens with two attached hydrogens (primary N) is 1. The molecule has 4 aliphatic rings. The number of hydrogen-bond donors (Lipinski definition) is 4. The minimum absolute atomic E-state index is 0.0474. The van der Waals surface area contributed by atoms with Crippen LogP contribution in [-0.2, 0) is 9.59 Å². The van der Waals surface area contributed by atoms with Gasteiger partial charge in [-0.05, 0) is 58.2 Å². The van der Waals surface area contributed by atoms with Gasteiger partial charge in [0.1, 0.15) is 12.3 Å². The minimum atomic E-state index is -1.25. The molecule has 4 heterocycles. The molecule has 10 nitrogen and oxygen atoms in total. The Balaban J connectivity index is 1.42. The maximum Gasteiger partial charge on any atom is 0.229 e. The normalized spacial score (nSPS) is 35.0. The smallest absolute Gasteiger partial charge is 0.229 e. The number of carbonyl (C=O) groups is 2. The van der Waals surface area contributed by atoms with E-state index in [0.29, 0.717) is 32.5 Å².